The molecule has 3 rings (SSSR count). The van der Waals surface area contributed by atoms with E-state index in [1.807, 2.05) is 42.5 Å². The Morgan fingerprint density at radius 1 is 1.00 bits per heavy atom. The minimum atomic E-state index is -4.62. The predicted molar refractivity (Wildman–Crippen MR) is 82.7 cm³/mol. The fourth-order valence-corrected chi connectivity index (χ4v) is 2.29. The van der Waals surface area contributed by atoms with Gasteiger partial charge in [-0.3, -0.25) is 0 Å². The van der Waals surface area contributed by atoms with Gasteiger partial charge in [0.15, 0.2) is 0 Å². The first kappa shape index (κ1) is 15.0. The van der Waals surface area contributed by atoms with E-state index in [-0.39, 0.29) is 5.69 Å². The van der Waals surface area contributed by atoms with E-state index in [1.54, 1.807) is 11.1 Å². The Balaban J connectivity index is 2.03. The number of nitrogens with one attached hydrogen (secondary N) is 1. The molecule has 1 aromatic heterocycles. The minimum Gasteiger partial charge on any atom is -0.302 e. The Bertz CT molecular complexity index is 937. The SMILES string of the molecule is O=c1nc(C=Cc2cccc3ccccc23)cc(C(F)(F)F)[nH]1. The van der Waals surface area contributed by atoms with Gasteiger partial charge in [-0.2, -0.15) is 18.2 Å². The summed E-state index contributed by atoms with van der Waals surface area (Å²) in [7, 11) is 0. The van der Waals surface area contributed by atoms with E-state index >= 15 is 0 Å². The van der Waals surface area contributed by atoms with Crippen LogP contribution in [0, 0.1) is 0 Å². The van der Waals surface area contributed by atoms with Crippen molar-refractivity contribution in [2.75, 3.05) is 0 Å². The fourth-order valence-electron chi connectivity index (χ4n) is 2.29. The van der Waals surface area contributed by atoms with Gasteiger partial charge in [-0.15, -0.1) is 0 Å². The van der Waals surface area contributed by atoms with Crippen molar-refractivity contribution < 1.29 is 13.2 Å². The number of alkyl halides is 3. The summed E-state index contributed by atoms with van der Waals surface area (Å²) < 4.78 is 38.1. The molecular weight excluding hydrogens is 305 g/mol. The van der Waals surface area contributed by atoms with Gasteiger partial charge < -0.3 is 4.98 Å². The zero-order valence-electron chi connectivity index (χ0n) is 11.8. The van der Waals surface area contributed by atoms with E-state index in [2.05, 4.69) is 4.98 Å². The van der Waals surface area contributed by atoms with Crippen LogP contribution in [0.3, 0.4) is 0 Å². The molecule has 0 amide bonds. The number of nitrogens with zero attached hydrogens (tertiary/aromatic N) is 1. The maximum Gasteiger partial charge on any atom is 0.431 e. The van der Waals surface area contributed by atoms with Crippen molar-refractivity contribution in [2.24, 2.45) is 0 Å². The molecule has 0 fully saturated rings. The molecule has 0 spiro atoms. The summed E-state index contributed by atoms with van der Waals surface area (Å²) in [4.78, 5) is 16.5. The first-order valence-corrected chi connectivity index (χ1v) is 6.78. The summed E-state index contributed by atoms with van der Waals surface area (Å²) in [5, 5.41) is 1.98. The molecule has 0 aliphatic carbocycles. The molecule has 0 bridgehead atoms. The summed E-state index contributed by atoms with van der Waals surface area (Å²) in [6, 6.07) is 14.1. The molecule has 3 nitrogen and oxygen atoms in total. The molecule has 1 heterocycles. The molecule has 0 aliphatic heterocycles. The van der Waals surface area contributed by atoms with Crippen molar-refractivity contribution in [1.29, 1.82) is 0 Å². The van der Waals surface area contributed by atoms with Gasteiger partial charge in [0.2, 0.25) is 0 Å². The number of halogens is 3. The van der Waals surface area contributed by atoms with Gasteiger partial charge in [0.05, 0.1) is 5.69 Å². The quantitative estimate of drug-likeness (QED) is 0.773. The highest BCUT2D eigenvalue weighted by molar-refractivity contribution is 5.92. The van der Waals surface area contributed by atoms with Crippen molar-refractivity contribution >= 4 is 22.9 Å². The van der Waals surface area contributed by atoms with E-state index in [9.17, 15) is 18.0 Å². The average Bonchev–Trinajstić information content (AvgIpc) is 2.51. The number of aromatic amines is 1. The lowest BCUT2D eigenvalue weighted by atomic mass is 10.0. The van der Waals surface area contributed by atoms with Gasteiger partial charge in [0, 0.05) is 0 Å². The Morgan fingerprint density at radius 3 is 2.52 bits per heavy atom. The average molecular weight is 316 g/mol. The third-order valence-electron chi connectivity index (χ3n) is 3.33. The lowest BCUT2D eigenvalue weighted by Gasteiger charge is -2.06. The summed E-state index contributed by atoms with van der Waals surface area (Å²) in [5.41, 5.74) is -1.36. The third-order valence-corrected chi connectivity index (χ3v) is 3.33. The molecule has 1 N–H and O–H groups in total. The molecular formula is C17H11F3N2O. The van der Waals surface area contributed by atoms with E-state index in [0.717, 1.165) is 22.4 Å². The first-order chi connectivity index (χ1) is 10.9. The third kappa shape index (κ3) is 3.31. The molecule has 116 valence electrons. The number of H-pyrrole nitrogens is 1. The predicted octanol–water partition coefficient (Wildman–Crippen LogP) is 4.11. The van der Waals surface area contributed by atoms with Crippen LogP contribution >= 0.6 is 0 Å². The van der Waals surface area contributed by atoms with Crippen LogP contribution in [0.4, 0.5) is 13.2 Å². The molecule has 3 aromatic rings. The lowest BCUT2D eigenvalue weighted by Crippen LogP contribution is -2.19. The van der Waals surface area contributed by atoms with Gasteiger partial charge in [-0.1, -0.05) is 48.5 Å². The van der Waals surface area contributed by atoms with Crippen molar-refractivity contribution in [2.45, 2.75) is 6.18 Å². The zero-order chi connectivity index (χ0) is 16.4. The number of hydrogen-bond donors (Lipinski definition) is 1. The van der Waals surface area contributed by atoms with Crippen LogP contribution in [0.2, 0.25) is 0 Å². The molecule has 0 saturated carbocycles. The van der Waals surface area contributed by atoms with Crippen LogP contribution in [0.5, 0.6) is 0 Å². The smallest absolute Gasteiger partial charge is 0.302 e. The van der Waals surface area contributed by atoms with Gasteiger partial charge in [0.1, 0.15) is 5.69 Å². The van der Waals surface area contributed by atoms with Crippen LogP contribution in [0.15, 0.2) is 53.3 Å². The summed E-state index contributed by atoms with van der Waals surface area (Å²) in [5.74, 6) is 0. The highest BCUT2D eigenvalue weighted by atomic mass is 19.4. The highest BCUT2D eigenvalue weighted by Crippen LogP contribution is 2.27. The number of hydrogen-bond acceptors (Lipinski definition) is 2. The van der Waals surface area contributed by atoms with Gasteiger partial charge >= 0.3 is 11.9 Å². The van der Waals surface area contributed by atoms with Crippen molar-refractivity contribution in [1.82, 2.24) is 9.97 Å². The van der Waals surface area contributed by atoms with E-state index in [1.165, 1.54) is 6.08 Å². The van der Waals surface area contributed by atoms with E-state index in [4.69, 9.17) is 0 Å². The van der Waals surface area contributed by atoms with Crippen LogP contribution in [-0.2, 0) is 6.18 Å². The highest BCUT2D eigenvalue weighted by Gasteiger charge is 2.32. The van der Waals surface area contributed by atoms with Crippen LogP contribution in [-0.4, -0.2) is 9.97 Å². The Kier molecular flexibility index (Phi) is 3.73. The van der Waals surface area contributed by atoms with Crippen molar-refractivity contribution in [3.63, 3.8) is 0 Å². The van der Waals surface area contributed by atoms with Crippen molar-refractivity contribution in [3.8, 4) is 0 Å². The number of aromatic nitrogens is 2. The maximum atomic E-state index is 12.7. The van der Waals surface area contributed by atoms with Crippen molar-refractivity contribution in [3.05, 3.63) is 76.0 Å². The lowest BCUT2D eigenvalue weighted by molar-refractivity contribution is -0.141. The second-order valence-electron chi connectivity index (χ2n) is 4.92. The van der Waals surface area contributed by atoms with E-state index < -0.39 is 17.6 Å². The van der Waals surface area contributed by atoms with Gasteiger partial charge in [0.25, 0.3) is 0 Å². The topological polar surface area (TPSA) is 45.8 Å². The Morgan fingerprint density at radius 2 is 1.74 bits per heavy atom. The van der Waals surface area contributed by atoms with E-state index in [0.29, 0.717) is 0 Å². The number of rotatable bonds is 2. The fraction of sp³-hybridized carbons (Fsp3) is 0.0588. The molecule has 0 radical (unpaired) electrons. The molecule has 0 saturated heterocycles. The molecule has 0 aliphatic rings. The second kappa shape index (κ2) is 5.72. The van der Waals surface area contributed by atoms with Gasteiger partial charge in [-0.05, 0) is 28.5 Å². The molecule has 0 atom stereocenters. The maximum absolute atomic E-state index is 12.7. The minimum absolute atomic E-state index is 0.0472. The second-order valence-corrected chi connectivity index (χ2v) is 4.92. The number of benzene rings is 2. The largest absolute Gasteiger partial charge is 0.431 e. The molecule has 23 heavy (non-hydrogen) atoms. The zero-order valence-corrected chi connectivity index (χ0v) is 11.8. The summed E-state index contributed by atoms with van der Waals surface area (Å²) in [6.45, 7) is 0. The van der Waals surface area contributed by atoms with Crippen LogP contribution in [0.25, 0.3) is 22.9 Å². The standard InChI is InChI=1S/C17H11F3N2O/c18-17(19,20)15-10-13(21-16(23)22-15)9-8-12-6-3-5-11-4-1-2-7-14(11)12/h1-10H,(H,21,22,23). The Labute approximate surface area is 129 Å². The van der Waals surface area contributed by atoms with Crippen LogP contribution < -0.4 is 5.69 Å². The Hall–Kier alpha value is -2.89. The monoisotopic (exact) mass is 316 g/mol. The molecule has 2 aromatic carbocycles. The normalized spacial score (nSPS) is 12.1. The molecule has 0 unspecified atom stereocenters. The number of fused-ring (bicyclic) bond motifs is 1. The van der Waals surface area contributed by atoms with Crippen LogP contribution in [0.1, 0.15) is 17.0 Å². The molecule has 6 heteroatoms. The van der Waals surface area contributed by atoms with Gasteiger partial charge in [-0.25, -0.2) is 4.79 Å². The summed E-state index contributed by atoms with van der Waals surface area (Å²) >= 11 is 0. The first-order valence-electron chi connectivity index (χ1n) is 6.78. The summed E-state index contributed by atoms with van der Waals surface area (Å²) in [6.07, 6.45) is -1.58.